The van der Waals surface area contributed by atoms with Crippen LogP contribution in [-0.2, 0) is 18.9 Å². The number of halogens is 2. The van der Waals surface area contributed by atoms with Gasteiger partial charge in [0.2, 0.25) is 0 Å². The number of hydrogen-bond acceptors (Lipinski definition) is 8. The molecule has 5 aromatic rings. The maximum Gasteiger partial charge on any atom is 0.338 e. The zero-order valence-electron chi connectivity index (χ0n) is 23.3. The van der Waals surface area contributed by atoms with E-state index in [1.54, 1.807) is 108 Å². The second kappa shape index (κ2) is 13.3. The maximum absolute atomic E-state index is 13.4. The highest BCUT2D eigenvalue weighted by molar-refractivity contribution is 7.71. The zero-order valence-corrected chi connectivity index (χ0v) is 25.6. The van der Waals surface area contributed by atoms with E-state index in [1.807, 2.05) is 0 Å². The Balaban J connectivity index is 1.41. The molecule has 6 rings (SSSR count). The second-order valence-corrected chi connectivity index (χ2v) is 11.3. The summed E-state index contributed by atoms with van der Waals surface area (Å²) >= 11 is 18.3. The van der Waals surface area contributed by atoms with Gasteiger partial charge in [-0.25, -0.2) is 14.4 Å². The molecule has 1 fully saturated rings. The van der Waals surface area contributed by atoms with Crippen molar-refractivity contribution in [2.45, 2.75) is 24.5 Å². The Bertz CT molecular complexity index is 1920. The molecule has 2 heterocycles. The first-order chi connectivity index (χ1) is 21.8. The molecule has 45 heavy (non-hydrogen) atoms. The Hall–Kier alpha value is -4.48. The summed E-state index contributed by atoms with van der Waals surface area (Å²) in [6, 6.07) is 28.3. The number of carbonyl (C=O) groups excluding carboxylic acids is 3. The Kier molecular flexibility index (Phi) is 8.99. The monoisotopic (exact) mass is 662 g/mol. The largest absolute Gasteiger partial charge is 0.459 e. The van der Waals surface area contributed by atoms with Crippen molar-refractivity contribution >= 4 is 64.4 Å². The third kappa shape index (κ3) is 6.50. The van der Waals surface area contributed by atoms with E-state index in [1.165, 1.54) is 0 Å². The Morgan fingerprint density at radius 1 is 0.733 bits per heavy atom. The maximum atomic E-state index is 13.4. The van der Waals surface area contributed by atoms with Crippen LogP contribution in [0.5, 0.6) is 0 Å². The van der Waals surface area contributed by atoms with Crippen LogP contribution < -0.4 is 0 Å². The molecule has 9 nitrogen and oxygen atoms in total. The Morgan fingerprint density at radius 3 is 1.78 bits per heavy atom. The van der Waals surface area contributed by atoms with Gasteiger partial charge in [-0.1, -0.05) is 77.8 Å². The molecule has 1 aromatic heterocycles. The number of hydrogen-bond donors (Lipinski definition) is 1. The Labute approximate surface area is 272 Å². The molecule has 0 aliphatic carbocycles. The fraction of sp³-hybridized carbons (Fsp3) is 0.152. The van der Waals surface area contributed by atoms with Gasteiger partial charge in [0.05, 0.1) is 37.8 Å². The van der Waals surface area contributed by atoms with Gasteiger partial charge in [-0.05, 0) is 60.7 Å². The fourth-order valence-corrected chi connectivity index (χ4v) is 5.67. The fourth-order valence-electron chi connectivity index (χ4n) is 5.04. The first-order valence-corrected chi connectivity index (χ1v) is 15.0. The number of esters is 3. The molecular formula is C33H24Cl2N2O7S. The van der Waals surface area contributed by atoms with Crippen LogP contribution in [0.3, 0.4) is 0 Å². The third-order valence-corrected chi connectivity index (χ3v) is 8.21. The SMILES string of the molecule is O=C(OC[C@H]1O[C@@H](n2c(=S)[nH]c3cc(Cl)c(Cl)cc32)C(OC(=O)c2ccccc2)C1OC(=O)c1ccccc1)c1ccccc1. The van der Waals surface area contributed by atoms with Crippen LogP contribution in [0.1, 0.15) is 37.3 Å². The van der Waals surface area contributed by atoms with E-state index < -0.39 is 42.4 Å². The number of fused-ring (bicyclic) bond motifs is 1. The van der Waals surface area contributed by atoms with Gasteiger partial charge in [0, 0.05) is 0 Å². The number of benzene rings is 4. The summed E-state index contributed by atoms with van der Waals surface area (Å²) in [5.41, 5.74) is 1.89. The molecule has 2 unspecified atom stereocenters. The van der Waals surface area contributed by atoms with Crippen molar-refractivity contribution in [2.24, 2.45) is 0 Å². The third-order valence-electron chi connectivity index (χ3n) is 7.19. The minimum absolute atomic E-state index is 0.198. The van der Waals surface area contributed by atoms with Crippen molar-refractivity contribution in [1.29, 1.82) is 0 Å². The number of rotatable bonds is 8. The number of nitrogens with one attached hydrogen (secondary N) is 1. The number of nitrogens with zero attached hydrogens (tertiary/aromatic N) is 1. The average molecular weight is 664 g/mol. The summed E-state index contributed by atoms with van der Waals surface area (Å²) in [4.78, 5) is 42.8. The van der Waals surface area contributed by atoms with Crippen molar-refractivity contribution in [1.82, 2.24) is 9.55 Å². The van der Waals surface area contributed by atoms with Gasteiger partial charge in [0.1, 0.15) is 12.7 Å². The summed E-state index contributed by atoms with van der Waals surface area (Å²) in [7, 11) is 0. The predicted octanol–water partition coefficient (Wildman–Crippen LogP) is 7.21. The number of ether oxygens (including phenoxy) is 4. The van der Waals surface area contributed by atoms with E-state index in [2.05, 4.69) is 4.98 Å². The van der Waals surface area contributed by atoms with Gasteiger partial charge < -0.3 is 23.9 Å². The topological polar surface area (TPSA) is 109 Å². The lowest BCUT2D eigenvalue weighted by Crippen LogP contribution is -2.41. The van der Waals surface area contributed by atoms with Crippen LogP contribution in [-0.4, -0.2) is 52.4 Å². The van der Waals surface area contributed by atoms with Crippen molar-refractivity contribution < 1.29 is 33.3 Å². The molecule has 228 valence electrons. The molecule has 0 saturated carbocycles. The van der Waals surface area contributed by atoms with Crippen molar-refractivity contribution in [2.75, 3.05) is 6.61 Å². The normalized spacial score (nSPS) is 19.2. The van der Waals surface area contributed by atoms with E-state index in [9.17, 15) is 14.4 Å². The van der Waals surface area contributed by atoms with Crippen molar-refractivity contribution in [3.8, 4) is 0 Å². The van der Waals surface area contributed by atoms with E-state index in [0.717, 1.165) is 0 Å². The summed E-state index contributed by atoms with van der Waals surface area (Å²) in [6.45, 7) is -0.335. The van der Waals surface area contributed by atoms with Gasteiger partial charge in [0.15, 0.2) is 23.2 Å². The van der Waals surface area contributed by atoms with Crippen LogP contribution in [0.2, 0.25) is 10.0 Å². The smallest absolute Gasteiger partial charge is 0.338 e. The molecule has 0 radical (unpaired) electrons. The van der Waals surface area contributed by atoms with E-state index in [-0.39, 0.29) is 27.5 Å². The lowest BCUT2D eigenvalue weighted by molar-refractivity contribution is -0.0609. The molecular weight excluding hydrogens is 639 g/mol. The lowest BCUT2D eigenvalue weighted by Gasteiger charge is -2.25. The molecule has 1 N–H and O–H groups in total. The number of aromatic amines is 1. The molecule has 12 heteroatoms. The molecule has 0 spiro atoms. The van der Waals surface area contributed by atoms with Crippen LogP contribution in [0.25, 0.3) is 11.0 Å². The van der Waals surface area contributed by atoms with Crippen molar-refractivity contribution in [3.05, 3.63) is 135 Å². The zero-order chi connectivity index (χ0) is 31.5. The molecule has 1 aliphatic heterocycles. The molecule has 0 bridgehead atoms. The van der Waals surface area contributed by atoms with Crippen LogP contribution in [0.15, 0.2) is 103 Å². The van der Waals surface area contributed by atoms with Crippen LogP contribution in [0.4, 0.5) is 0 Å². The van der Waals surface area contributed by atoms with Gasteiger partial charge in [-0.3, -0.25) is 4.57 Å². The highest BCUT2D eigenvalue weighted by Crippen LogP contribution is 2.39. The van der Waals surface area contributed by atoms with Gasteiger partial charge in [-0.2, -0.15) is 0 Å². The minimum Gasteiger partial charge on any atom is -0.459 e. The standard InChI is InChI=1S/C33H24Cl2N2O7S/c34-22-16-24-25(17-23(22)35)37(33(45)36-24)29-28(44-32(40)21-14-8-3-9-15-21)27(43-31(39)20-12-6-2-7-13-20)26(42-29)18-41-30(38)19-10-4-1-5-11-19/h1-17,26-29H,18H2,(H,36,45)/t26-,27?,28?,29-/m1/s1. The molecule has 1 saturated heterocycles. The molecule has 4 aromatic carbocycles. The molecule has 1 aliphatic rings. The highest BCUT2D eigenvalue weighted by Gasteiger charge is 2.52. The molecule has 0 amide bonds. The number of aromatic nitrogens is 2. The minimum atomic E-state index is -1.24. The number of H-pyrrole nitrogens is 1. The number of imidazole rings is 1. The van der Waals surface area contributed by atoms with Gasteiger partial charge in [-0.15, -0.1) is 0 Å². The summed E-state index contributed by atoms with van der Waals surface area (Å²) in [6.07, 6.45) is -4.68. The van der Waals surface area contributed by atoms with Crippen LogP contribution in [0, 0.1) is 4.77 Å². The lowest BCUT2D eigenvalue weighted by atomic mass is 10.1. The second-order valence-electron chi connectivity index (χ2n) is 10.1. The molecule has 4 atom stereocenters. The Morgan fingerprint density at radius 2 is 1.22 bits per heavy atom. The van der Waals surface area contributed by atoms with Gasteiger partial charge >= 0.3 is 17.9 Å². The first-order valence-electron chi connectivity index (χ1n) is 13.8. The summed E-state index contributed by atoms with van der Waals surface area (Å²) in [5.74, 6) is -1.99. The summed E-state index contributed by atoms with van der Waals surface area (Å²) in [5, 5.41) is 0.551. The van der Waals surface area contributed by atoms with Gasteiger partial charge in [0.25, 0.3) is 0 Å². The average Bonchev–Trinajstić information content (AvgIpc) is 3.55. The van der Waals surface area contributed by atoms with E-state index in [4.69, 9.17) is 54.4 Å². The predicted molar refractivity (Wildman–Crippen MR) is 169 cm³/mol. The highest BCUT2D eigenvalue weighted by atomic mass is 35.5. The summed E-state index contributed by atoms with van der Waals surface area (Å²) < 4.78 is 25.8. The first kappa shape index (κ1) is 30.5. The number of carbonyl (C=O) groups is 3. The van der Waals surface area contributed by atoms with Crippen LogP contribution >= 0.6 is 35.4 Å². The van der Waals surface area contributed by atoms with E-state index in [0.29, 0.717) is 21.6 Å². The van der Waals surface area contributed by atoms with Crippen molar-refractivity contribution in [3.63, 3.8) is 0 Å². The quantitative estimate of drug-likeness (QED) is 0.105. The van der Waals surface area contributed by atoms with E-state index >= 15 is 0 Å².